The Bertz CT molecular complexity index is 629. The maximum atomic E-state index is 11.4. The van der Waals surface area contributed by atoms with E-state index in [1.54, 1.807) is 0 Å². The lowest BCUT2D eigenvalue weighted by molar-refractivity contribution is -0.139. The molecule has 0 fully saturated rings. The van der Waals surface area contributed by atoms with Crippen LogP contribution in [0.3, 0.4) is 0 Å². The van der Waals surface area contributed by atoms with Crippen molar-refractivity contribution in [2.24, 2.45) is 0 Å². The average Bonchev–Trinajstić information content (AvgIpc) is 2.59. The van der Waals surface area contributed by atoms with Gasteiger partial charge in [0, 0.05) is 12.2 Å². The van der Waals surface area contributed by atoms with E-state index in [0.29, 0.717) is 18.6 Å². The third-order valence-corrected chi connectivity index (χ3v) is 2.69. The van der Waals surface area contributed by atoms with Crippen LogP contribution in [0.15, 0.2) is 60.7 Å². The number of unbranched alkanes of at least 4 members (excludes halogenated alkanes) is 1. The van der Waals surface area contributed by atoms with Gasteiger partial charge < -0.3 is 14.9 Å². The first kappa shape index (κ1) is 21.9. The molecule has 0 amide bonds. The van der Waals surface area contributed by atoms with Crippen LogP contribution in [-0.2, 0) is 19.1 Å². The number of hydrogen-bond acceptors (Lipinski definition) is 4. The summed E-state index contributed by atoms with van der Waals surface area (Å²) in [5.74, 6) is -3.47. The fourth-order valence-electron chi connectivity index (χ4n) is 1.45. The number of hydrogen-bond donors (Lipinski definition) is 2. The molecule has 134 valence electrons. The van der Waals surface area contributed by atoms with Crippen LogP contribution in [0.1, 0.15) is 25.3 Å². The molecule has 0 unspecified atom stereocenters. The van der Waals surface area contributed by atoms with Crippen molar-refractivity contribution in [3.63, 3.8) is 0 Å². The smallest absolute Gasteiger partial charge is 0.338 e. The topological polar surface area (TPSA) is 101 Å². The Labute approximate surface area is 146 Å². The van der Waals surface area contributed by atoms with Crippen molar-refractivity contribution < 1.29 is 29.3 Å². The standard InChI is InChI=1S/C11H14O6.C8H8/c1-2-3-6-17-11(16)8(7-10(14)15)4-5-9(12)13;1-2-8-6-4-3-5-7-8/h4-5,7H,2-3,6H2,1H3,(H,12,13)(H,14,15);2-7H,1H2/b5-4?,8-7-;. The van der Waals surface area contributed by atoms with Gasteiger partial charge in [-0.25, -0.2) is 14.4 Å². The summed E-state index contributed by atoms with van der Waals surface area (Å²) >= 11 is 0. The molecule has 6 nitrogen and oxygen atoms in total. The van der Waals surface area contributed by atoms with E-state index in [2.05, 4.69) is 6.58 Å². The third kappa shape index (κ3) is 12.0. The molecule has 0 aliphatic rings. The second-order valence-corrected chi connectivity index (χ2v) is 4.71. The molecule has 0 radical (unpaired) electrons. The van der Waals surface area contributed by atoms with Crippen LogP contribution in [-0.4, -0.2) is 34.7 Å². The van der Waals surface area contributed by atoms with E-state index in [4.69, 9.17) is 14.9 Å². The minimum atomic E-state index is -1.34. The average molecular weight is 346 g/mol. The van der Waals surface area contributed by atoms with Crippen molar-refractivity contribution in [3.05, 3.63) is 66.3 Å². The number of carboxylic acids is 2. The van der Waals surface area contributed by atoms with Gasteiger partial charge in [0.2, 0.25) is 0 Å². The van der Waals surface area contributed by atoms with E-state index in [0.717, 1.165) is 12.5 Å². The summed E-state index contributed by atoms with van der Waals surface area (Å²) in [4.78, 5) is 32.1. The van der Waals surface area contributed by atoms with Crippen LogP contribution < -0.4 is 0 Å². The number of carboxylic acid groups (broad SMARTS) is 2. The van der Waals surface area contributed by atoms with E-state index < -0.39 is 17.9 Å². The molecule has 0 heterocycles. The Morgan fingerprint density at radius 2 is 1.72 bits per heavy atom. The zero-order valence-electron chi connectivity index (χ0n) is 14.1. The minimum absolute atomic E-state index is 0.174. The number of esters is 1. The van der Waals surface area contributed by atoms with E-state index in [1.165, 1.54) is 5.56 Å². The van der Waals surface area contributed by atoms with Crippen molar-refractivity contribution in [2.45, 2.75) is 19.8 Å². The zero-order valence-corrected chi connectivity index (χ0v) is 14.1. The van der Waals surface area contributed by atoms with Gasteiger partial charge in [-0.3, -0.25) is 0 Å². The van der Waals surface area contributed by atoms with Gasteiger partial charge in [0.05, 0.1) is 12.2 Å². The van der Waals surface area contributed by atoms with Crippen molar-refractivity contribution in [2.75, 3.05) is 6.61 Å². The maximum Gasteiger partial charge on any atom is 0.338 e. The van der Waals surface area contributed by atoms with Crippen LogP contribution in [0.2, 0.25) is 0 Å². The molecule has 1 aromatic carbocycles. The first-order chi connectivity index (χ1) is 11.9. The van der Waals surface area contributed by atoms with Crippen LogP contribution in [0.5, 0.6) is 0 Å². The molecular formula is C19H22O6. The molecule has 0 aromatic heterocycles. The lowest BCUT2D eigenvalue weighted by Gasteiger charge is -2.03. The molecule has 0 aliphatic heterocycles. The zero-order chi connectivity index (χ0) is 19.1. The number of carbonyl (C=O) groups is 3. The van der Waals surface area contributed by atoms with E-state index >= 15 is 0 Å². The van der Waals surface area contributed by atoms with Gasteiger partial charge in [-0.1, -0.05) is 56.3 Å². The van der Waals surface area contributed by atoms with Crippen molar-refractivity contribution in [1.82, 2.24) is 0 Å². The summed E-state index contributed by atoms with van der Waals surface area (Å²) in [5, 5.41) is 16.9. The summed E-state index contributed by atoms with van der Waals surface area (Å²) in [7, 11) is 0. The predicted octanol–water partition coefficient (Wildman–Crippen LogP) is 3.31. The number of aliphatic carboxylic acids is 2. The van der Waals surface area contributed by atoms with Gasteiger partial charge in [0.15, 0.2) is 0 Å². The minimum Gasteiger partial charge on any atom is -0.478 e. The SMILES string of the molecule is C=Cc1ccccc1.CCCCOC(=O)/C(C=CC(=O)O)=C\C(=O)O. The molecule has 2 N–H and O–H groups in total. The highest BCUT2D eigenvalue weighted by Crippen LogP contribution is 2.02. The number of ether oxygens (including phenoxy) is 1. The van der Waals surface area contributed by atoms with Crippen LogP contribution in [0, 0.1) is 0 Å². The van der Waals surface area contributed by atoms with Crippen LogP contribution in [0.4, 0.5) is 0 Å². The molecule has 1 aromatic rings. The van der Waals surface area contributed by atoms with Gasteiger partial charge in [-0.05, 0) is 18.1 Å². The number of rotatable bonds is 8. The van der Waals surface area contributed by atoms with Crippen molar-refractivity contribution in [3.8, 4) is 0 Å². The second-order valence-electron chi connectivity index (χ2n) is 4.71. The highest BCUT2D eigenvalue weighted by Gasteiger charge is 2.10. The normalized spacial score (nSPS) is 10.5. The first-order valence-corrected chi connectivity index (χ1v) is 7.61. The monoisotopic (exact) mass is 346 g/mol. The lowest BCUT2D eigenvalue weighted by Crippen LogP contribution is -2.09. The Balaban J connectivity index is 0.000000593. The summed E-state index contributed by atoms with van der Waals surface area (Å²) < 4.78 is 4.76. The van der Waals surface area contributed by atoms with Gasteiger partial charge >= 0.3 is 17.9 Å². The Hall–Kier alpha value is -3.15. The molecule has 0 aliphatic carbocycles. The third-order valence-electron chi connectivity index (χ3n) is 2.69. The molecule has 6 heteroatoms. The quantitative estimate of drug-likeness (QED) is 0.324. The lowest BCUT2D eigenvalue weighted by atomic mass is 10.2. The molecule has 0 bridgehead atoms. The van der Waals surface area contributed by atoms with E-state index in [1.807, 2.05) is 43.3 Å². The largest absolute Gasteiger partial charge is 0.478 e. The predicted molar refractivity (Wildman–Crippen MR) is 94.9 cm³/mol. The molecule has 0 saturated carbocycles. The summed E-state index contributed by atoms with van der Waals surface area (Å²) in [5.41, 5.74) is 0.864. The van der Waals surface area contributed by atoms with Gasteiger partial charge in [-0.15, -0.1) is 0 Å². The number of carbonyl (C=O) groups excluding carboxylic acids is 1. The van der Waals surface area contributed by atoms with Gasteiger partial charge in [0.1, 0.15) is 0 Å². The molecular weight excluding hydrogens is 324 g/mol. The molecule has 0 atom stereocenters. The Kier molecular flexibility index (Phi) is 11.6. The van der Waals surface area contributed by atoms with E-state index in [-0.39, 0.29) is 12.2 Å². The fourth-order valence-corrected chi connectivity index (χ4v) is 1.45. The highest BCUT2D eigenvalue weighted by atomic mass is 16.5. The van der Waals surface area contributed by atoms with Crippen molar-refractivity contribution >= 4 is 24.0 Å². The van der Waals surface area contributed by atoms with Gasteiger partial charge in [-0.2, -0.15) is 0 Å². The summed E-state index contributed by atoms with van der Waals surface area (Å²) in [6.45, 7) is 5.71. The van der Waals surface area contributed by atoms with E-state index in [9.17, 15) is 14.4 Å². The van der Waals surface area contributed by atoms with Gasteiger partial charge in [0.25, 0.3) is 0 Å². The maximum absolute atomic E-state index is 11.4. The summed E-state index contributed by atoms with van der Waals surface area (Å²) in [6, 6.07) is 10.0. The second kappa shape index (κ2) is 13.3. The van der Waals surface area contributed by atoms with Crippen LogP contribution in [0.25, 0.3) is 6.08 Å². The van der Waals surface area contributed by atoms with Crippen molar-refractivity contribution in [1.29, 1.82) is 0 Å². The molecule has 0 spiro atoms. The van der Waals surface area contributed by atoms with Crippen LogP contribution >= 0.6 is 0 Å². The summed E-state index contributed by atoms with van der Waals surface area (Å²) in [6.07, 6.45) is 5.50. The highest BCUT2D eigenvalue weighted by molar-refractivity contribution is 5.99. The Morgan fingerprint density at radius 1 is 1.08 bits per heavy atom. The number of benzene rings is 1. The Morgan fingerprint density at radius 3 is 2.16 bits per heavy atom. The molecule has 0 saturated heterocycles. The fraction of sp³-hybridized carbons (Fsp3) is 0.211. The molecule has 25 heavy (non-hydrogen) atoms. The first-order valence-electron chi connectivity index (χ1n) is 7.61. The molecule has 1 rings (SSSR count).